The number of carbonyl (C=O) groups is 1. The first-order valence-electron chi connectivity index (χ1n) is 11.7. The number of rotatable bonds is 3. The molecule has 1 aromatic carbocycles. The standard InChI is InChI=1S/C25H33FN2O2/c1-17-6-5-9-25(2)15-23-18(14-20(17)25)19(24(29)30-23)16-27-10-12-28(13-11-27)22-8-4-3-7-21(22)26/h3-4,7-8,14,17-19,23H,5-6,9-13,15-16H2,1-2H3/p+1/t17-,18+,19-,23+,25+/m0/s1. The predicted molar refractivity (Wildman–Crippen MR) is 115 cm³/mol. The highest BCUT2D eigenvalue weighted by Gasteiger charge is 2.52. The van der Waals surface area contributed by atoms with Crippen molar-refractivity contribution in [2.45, 2.75) is 45.6 Å². The van der Waals surface area contributed by atoms with Gasteiger partial charge in [-0.3, -0.25) is 4.79 Å². The number of quaternary nitrogens is 1. The number of benzene rings is 1. The maximum Gasteiger partial charge on any atom is 0.315 e. The molecule has 0 spiro atoms. The summed E-state index contributed by atoms with van der Waals surface area (Å²) >= 11 is 0. The number of nitrogens with one attached hydrogen (secondary N) is 1. The molecule has 2 saturated heterocycles. The summed E-state index contributed by atoms with van der Waals surface area (Å²) in [7, 11) is 0. The second kappa shape index (κ2) is 7.67. The largest absolute Gasteiger partial charge is 0.461 e. The Morgan fingerprint density at radius 1 is 1.27 bits per heavy atom. The van der Waals surface area contributed by atoms with Crippen LogP contribution in [0, 0.1) is 29.0 Å². The van der Waals surface area contributed by atoms with E-state index in [1.165, 1.54) is 30.2 Å². The quantitative estimate of drug-likeness (QED) is 0.611. The van der Waals surface area contributed by atoms with Crippen molar-refractivity contribution in [1.29, 1.82) is 0 Å². The van der Waals surface area contributed by atoms with Gasteiger partial charge in [-0.2, -0.15) is 0 Å². The monoisotopic (exact) mass is 413 g/mol. The Balaban J connectivity index is 1.27. The SMILES string of the molecule is C[C@H]1CCC[C@]2(C)C[C@H]3OC(=O)[C@@H](C[NH+]4CCN(c5ccccc5F)CC4)[C@H]3C=C12. The Bertz CT molecular complexity index is 847. The van der Waals surface area contributed by atoms with Crippen LogP contribution >= 0.6 is 0 Å². The second-order valence-electron chi connectivity index (χ2n) is 10.2. The lowest BCUT2D eigenvalue weighted by Gasteiger charge is -2.46. The first-order valence-corrected chi connectivity index (χ1v) is 11.7. The Hall–Kier alpha value is -1.88. The van der Waals surface area contributed by atoms with Gasteiger partial charge in [-0.25, -0.2) is 4.39 Å². The highest BCUT2D eigenvalue weighted by molar-refractivity contribution is 5.76. The van der Waals surface area contributed by atoms with Crippen LogP contribution in [-0.2, 0) is 9.53 Å². The number of carbonyl (C=O) groups excluding carboxylic acids is 1. The minimum atomic E-state index is -0.151. The van der Waals surface area contributed by atoms with Gasteiger partial charge in [0, 0.05) is 5.92 Å². The molecule has 5 heteroatoms. The summed E-state index contributed by atoms with van der Waals surface area (Å²) in [4.78, 5) is 16.4. The predicted octanol–water partition coefficient (Wildman–Crippen LogP) is 2.84. The Morgan fingerprint density at radius 2 is 2.03 bits per heavy atom. The maximum atomic E-state index is 14.1. The number of allylic oxidation sites excluding steroid dienone is 1. The summed E-state index contributed by atoms with van der Waals surface area (Å²) in [5.74, 6) is 0.676. The summed E-state index contributed by atoms with van der Waals surface area (Å²) in [5, 5.41) is 0. The van der Waals surface area contributed by atoms with Gasteiger partial charge in [-0.1, -0.05) is 44.1 Å². The van der Waals surface area contributed by atoms with E-state index in [4.69, 9.17) is 4.74 Å². The van der Waals surface area contributed by atoms with Crippen LogP contribution in [0.3, 0.4) is 0 Å². The number of hydrogen-bond acceptors (Lipinski definition) is 3. The fourth-order valence-corrected chi connectivity index (χ4v) is 6.57. The zero-order valence-corrected chi connectivity index (χ0v) is 18.2. The van der Waals surface area contributed by atoms with Crippen molar-refractivity contribution >= 4 is 11.7 Å². The third kappa shape index (κ3) is 3.45. The van der Waals surface area contributed by atoms with Crippen LogP contribution in [-0.4, -0.2) is 44.8 Å². The van der Waals surface area contributed by atoms with Crippen LogP contribution in [0.25, 0.3) is 0 Å². The lowest BCUT2D eigenvalue weighted by atomic mass is 9.59. The molecule has 30 heavy (non-hydrogen) atoms. The molecule has 5 rings (SSSR count). The molecule has 0 unspecified atom stereocenters. The van der Waals surface area contributed by atoms with Gasteiger partial charge in [0.05, 0.1) is 38.4 Å². The van der Waals surface area contributed by atoms with Crippen LogP contribution in [0.2, 0.25) is 0 Å². The van der Waals surface area contributed by atoms with Crippen molar-refractivity contribution in [2.24, 2.45) is 23.2 Å². The van der Waals surface area contributed by atoms with Crippen molar-refractivity contribution in [3.05, 3.63) is 41.7 Å². The fraction of sp³-hybridized carbons (Fsp3) is 0.640. The van der Waals surface area contributed by atoms with Crippen LogP contribution < -0.4 is 9.80 Å². The number of esters is 1. The van der Waals surface area contributed by atoms with Gasteiger partial charge in [-0.15, -0.1) is 0 Å². The molecule has 4 aliphatic rings. The first kappa shape index (κ1) is 20.0. The van der Waals surface area contributed by atoms with E-state index in [-0.39, 0.29) is 35.1 Å². The molecule has 2 heterocycles. The van der Waals surface area contributed by atoms with Gasteiger partial charge < -0.3 is 14.5 Å². The molecule has 5 atom stereocenters. The average molecular weight is 414 g/mol. The molecule has 3 fully saturated rings. The Labute approximate surface area is 179 Å². The smallest absolute Gasteiger partial charge is 0.315 e. The lowest BCUT2D eigenvalue weighted by molar-refractivity contribution is -0.903. The Kier molecular flexibility index (Phi) is 5.12. The zero-order chi connectivity index (χ0) is 20.9. The minimum Gasteiger partial charge on any atom is -0.461 e. The van der Waals surface area contributed by atoms with Gasteiger partial charge in [0.2, 0.25) is 0 Å². The fourth-order valence-electron chi connectivity index (χ4n) is 6.57. The van der Waals surface area contributed by atoms with Crippen molar-refractivity contribution in [2.75, 3.05) is 37.6 Å². The van der Waals surface area contributed by atoms with Gasteiger partial charge in [0.25, 0.3) is 0 Å². The number of hydrogen-bond donors (Lipinski definition) is 1. The normalized spacial score (nSPS) is 36.7. The van der Waals surface area contributed by atoms with Gasteiger partial charge in [0.15, 0.2) is 0 Å². The van der Waals surface area contributed by atoms with E-state index in [1.807, 2.05) is 12.1 Å². The van der Waals surface area contributed by atoms with Crippen LogP contribution in [0.15, 0.2) is 35.9 Å². The van der Waals surface area contributed by atoms with E-state index in [1.54, 1.807) is 11.6 Å². The molecule has 1 saturated carbocycles. The van der Waals surface area contributed by atoms with Crippen molar-refractivity contribution < 1.29 is 18.8 Å². The molecule has 162 valence electrons. The molecule has 2 aliphatic heterocycles. The number of anilines is 1. The molecule has 0 aromatic heterocycles. The van der Waals surface area contributed by atoms with Crippen molar-refractivity contribution in [3.63, 3.8) is 0 Å². The summed E-state index contributed by atoms with van der Waals surface area (Å²) in [5.41, 5.74) is 2.49. The molecule has 1 N–H and O–H groups in total. The number of halogens is 1. The van der Waals surface area contributed by atoms with Gasteiger partial charge >= 0.3 is 5.97 Å². The highest BCUT2D eigenvalue weighted by atomic mass is 19.1. The van der Waals surface area contributed by atoms with Crippen LogP contribution in [0.4, 0.5) is 10.1 Å². The molecule has 0 bridgehead atoms. The molecule has 1 aromatic rings. The van der Waals surface area contributed by atoms with Crippen molar-refractivity contribution in [1.82, 2.24) is 0 Å². The zero-order valence-electron chi connectivity index (χ0n) is 18.2. The summed E-state index contributed by atoms with van der Waals surface area (Å²) < 4.78 is 20.0. The van der Waals surface area contributed by atoms with E-state index in [0.29, 0.717) is 11.6 Å². The highest BCUT2D eigenvalue weighted by Crippen LogP contribution is 2.53. The lowest BCUT2D eigenvalue weighted by Crippen LogP contribution is -3.15. The van der Waals surface area contributed by atoms with E-state index < -0.39 is 0 Å². The summed E-state index contributed by atoms with van der Waals surface area (Å²) in [6, 6.07) is 7.01. The third-order valence-electron chi connectivity index (χ3n) is 8.25. The molecule has 0 amide bonds. The number of piperazine rings is 1. The van der Waals surface area contributed by atoms with Gasteiger partial charge in [-0.05, 0) is 42.7 Å². The third-order valence-corrected chi connectivity index (χ3v) is 8.25. The summed E-state index contributed by atoms with van der Waals surface area (Å²) in [6.07, 6.45) is 7.26. The molecule has 2 aliphatic carbocycles. The first-order chi connectivity index (χ1) is 14.4. The molecule has 0 radical (unpaired) electrons. The molecule has 4 nitrogen and oxygen atoms in total. The topological polar surface area (TPSA) is 34.0 Å². The average Bonchev–Trinajstić information content (AvgIpc) is 3.01. The van der Waals surface area contributed by atoms with E-state index in [9.17, 15) is 9.18 Å². The number of fused-ring (bicyclic) bond motifs is 2. The Morgan fingerprint density at radius 3 is 2.80 bits per heavy atom. The summed E-state index contributed by atoms with van der Waals surface area (Å²) in [6.45, 7) is 9.06. The maximum absolute atomic E-state index is 14.1. The van der Waals surface area contributed by atoms with E-state index in [0.717, 1.165) is 39.1 Å². The molecular weight excluding hydrogens is 379 g/mol. The van der Waals surface area contributed by atoms with Gasteiger partial charge in [0.1, 0.15) is 17.8 Å². The number of nitrogens with zero attached hydrogens (tertiary/aromatic N) is 1. The van der Waals surface area contributed by atoms with Crippen LogP contribution in [0.5, 0.6) is 0 Å². The number of ether oxygens (including phenoxy) is 1. The second-order valence-corrected chi connectivity index (χ2v) is 10.2. The molecular formula is C25H34FN2O2+. The minimum absolute atomic E-state index is 0.000725. The van der Waals surface area contributed by atoms with E-state index >= 15 is 0 Å². The van der Waals surface area contributed by atoms with Crippen LogP contribution in [0.1, 0.15) is 39.5 Å². The van der Waals surface area contributed by atoms with E-state index in [2.05, 4.69) is 24.8 Å². The number of para-hydroxylation sites is 1. The van der Waals surface area contributed by atoms with Crippen molar-refractivity contribution in [3.8, 4) is 0 Å².